The van der Waals surface area contributed by atoms with E-state index in [2.05, 4.69) is 35.2 Å². The van der Waals surface area contributed by atoms with Gasteiger partial charge in [0, 0.05) is 30.8 Å². The maximum atomic E-state index is 9.11. The first-order valence-corrected chi connectivity index (χ1v) is 8.42. The summed E-state index contributed by atoms with van der Waals surface area (Å²) in [6.07, 6.45) is 10.2. The third-order valence-corrected chi connectivity index (χ3v) is 4.33. The molecule has 2 rings (SSSR count). The van der Waals surface area contributed by atoms with Crippen LogP contribution in [0.1, 0.15) is 63.9 Å². The first-order chi connectivity index (χ1) is 10.4. The summed E-state index contributed by atoms with van der Waals surface area (Å²) in [4.78, 5) is 2.44. The SMILES string of the molecule is CCCCCCCCCN1CCC(=NO)c2ccccc21. The van der Waals surface area contributed by atoms with Gasteiger partial charge in [0.25, 0.3) is 0 Å². The number of fused-ring (bicyclic) bond motifs is 1. The molecule has 0 aromatic heterocycles. The number of anilines is 1. The molecule has 116 valence electrons. The Balaban J connectivity index is 1.79. The Kier molecular flexibility index (Phi) is 6.58. The van der Waals surface area contributed by atoms with Crippen LogP contribution in [-0.4, -0.2) is 24.0 Å². The maximum Gasteiger partial charge on any atom is 0.0906 e. The van der Waals surface area contributed by atoms with Crippen LogP contribution in [0.4, 0.5) is 5.69 Å². The number of hydrogen-bond acceptors (Lipinski definition) is 3. The molecule has 0 radical (unpaired) electrons. The summed E-state index contributed by atoms with van der Waals surface area (Å²) in [7, 11) is 0. The van der Waals surface area contributed by atoms with Crippen LogP contribution >= 0.6 is 0 Å². The van der Waals surface area contributed by atoms with Gasteiger partial charge in [0.2, 0.25) is 0 Å². The number of oxime groups is 1. The van der Waals surface area contributed by atoms with Crippen molar-refractivity contribution in [2.24, 2.45) is 5.16 Å². The molecular weight excluding hydrogens is 260 g/mol. The van der Waals surface area contributed by atoms with E-state index in [4.69, 9.17) is 5.21 Å². The average molecular weight is 288 g/mol. The van der Waals surface area contributed by atoms with Crippen molar-refractivity contribution in [3.63, 3.8) is 0 Å². The van der Waals surface area contributed by atoms with Gasteiger partial charge < -0.3 is 10.1 Å². The molecule has 0 aliphatic carbocycles. The highest BCUT2D eigenvalue weighted by molar-refractivity contribution is 6.06. The van der Waals surface area contributed by atoms with E-state index >= 15 is 0 Å². The second-order valence-corrected chi connectivity index (χ2v) is 5.92. The van der Waals surface area contributed by atoms with Gasteiger partial charge in [-0.1, -0.05) is 68.8 Å². The molecule has 0 bridgehead atoms. The maximum absolute atomic E-state index is 9.11. The van der Waals surface area contributed by atoms with E-state index in [9.17, 15) is 0 Å². The second-order valence-electron chi connectivity index (χ2n) is 5.92. The molecule has 0 amide bonds. The Morgan fingerprint density at radius 1 is 1.05 bits per heavy atom. The molecule has 3 heteroatoms. The molecule has 0 saturated carbocycles. The molecule has 0 unspecified atom stereocenters. The van der Waals surface area contributed by atoms with Gasteiger partial charge in [0.1, 0.15) is 0 Å². The van der Waals surface area contributed by atoms with Crippen LogP contribution in [0.3, 0.4) is 0 Å². The van der Waals surface area contributed by atoms with Gasteiger partial charge in [-0.25, -0.2) is 0 Å². The van der Waals surface area contributed by atoms with Crippen LogP contribution in [0.5, 0.6) is 0 Å². The van der Waals surface area contributed by atoms with Gasteiger partial charge in [-0.3, -0.25) is 0 Å². The molecule has 1 aromatic carbocycles. The molecule has 1 aromatic rings. The zero-order chi connectivity index (χ0) is 14.9. The first kappa shape index (κ1) is 15.9. The highest BCUT2D eigenvalue weighted by Crippen LogP contribution is 2.27. The van der Waals surface area contributed by atoms with Crippen molar-refractivity contribution in [2.75, 3.05) is 18.0 Å². The van der Waals surface area contributed by atoms with Crippen molar-refractivity contribution in [1.82, 2.24) is 0 Å². The number of para-hydroxylation sites is 1. The fourth-order valence-corrected chi connectivity index (χ4v) is 3.09. The van der Waals surface area contributed by atoms with E-state index in [1.807, 2.05) is 6.07 Å². The molecule has 1 heterocycles. The van der Waals surface area contributed by atoms with Crippen molar-refractivity contribution in [3.05, 3.63) is 29.8 Å². The van der Waals surface area contributed by atoms with Crippen LogP contribution < -0.4 is 4.90 Å². The molecule has 0 atom stereocenters. The topological polar surface area (TPSA) is 35.8 Å². The van der Waals surface area contributed by atoms with Crippen LogP contribution in [0.2, 0.25) is 0 Å². The monoisotopic (exact) mass is 288 g/mol. The molecule has 1 N–H and O–H groups in total. The summed E-state index contributed by atoms with van der Waals surface area (Å²) in [6.45, 7) is 4.34. The third kappa shape index (κ3) is 4.48. The van der Waals surface area contributed by atoms with E-state index in [1.165, 1.54) is 50.6 Å². The summed E-state index contributed by atoms with van der Waals surface area (Å²) >= 11 is 0. The van der Waals surface area contributed by atoms with E-state index in [1.54, 1.807) is 0 Å². The lowest BCUT2D eigenvalue weighted by Gasteiger charge is -2.31. The van der Waals surface area contributed by atoms with Crippen LogP contribution in [0, 0.1) is 0 Å². The van der Waals surface area contributed by atoms with E-state index < -0.39 is 0 Å². The van der Waals surface area contributed by atoms with Crippen molar-refractivity contribution in [3.8, 4) is 0 Å². The molecule has 3 nitrogen and oxygen atoms in total. The first-order valence-electron chi connectivity index (χ1n) is 8.42. The number of nitrogens with zero attached hydrogens (tertiary/aromatic N) is 2. The minimum Gasteiger partial charge on any atom is -0.411 e. The van der Waals surface area contributed by atoms with E-state index in [0.717, 1.165) is 30.8 Å². The molecule has 1 aliphatic rings. The Morgan fingerprint density at radius 2 is 1.76 bits per heavy atom. The largest absolute Gasteiger partial charge is 0.411 e. The number of rotatable bonds is 8. The zero-order valence-corrected chi connectivity index (χ0v) is 13.2. The van der Waals surface area contributed by atoms with Crippen LogP contribution in [0.15, 0.2) is 29.4 Å². The minimum absolute atomic E-state index is 0.821. The highest BCUT2D eigenvalue weighted by atomic mass is 16.4. The van der Waals surface area contributed by atoms with Crippen molar-refractivity contribution in [2.45, 2.75) is 58.3 Å². The van der Waals surface area contributed by atoms with Crippen molar-refractivity contribution >= 4 is 11.4 Å². The zero-order valence-electron chi connectivity index (χ0n) is 13.2. The predicted molar refractivity (Wildman–Crippen MR) is 89.6 cm³/mol. The summed E-state index contributed by atoms with van der Waals surface area (Å²) in [5, 5.41) is 12.6. The molecule has 0 spiro atoms. The standard InChI is InChI=1S/C18H28N2O/c1-2-3-4-5-6-7-10-14-20-15-13-17(19-21)16-11-8-9-12-18(16)20/h8-9,11-12,21H,2-7,10,13-15H2,1H3. The fourth-order valence-electron chi connectivity index (χ4n) is 3.09. The Morgan fingerprint density at radius 3 is 2.52 bits per heavy atom. The highest BCUT2D eigenvalue weighted by Gasteiger charge is 2.20. The third-order valence-electron chi connectivity index (χ3n) is 4.33. The predicted octanol–water partition coefficient (Wildman–Crippen LogP) is 4.83. The van der Waals surface area contributed by atoms with Gasteiger partial charge in [-0.05, 0) is 12.5 Å². The molecular formula is C18H28N2O. The van der Waals surface area contributed by atoms with Gasteiger partial charge >= 0.3 is 0 Å². The lowest BCUT2D eigenvalue weighted by Crippen LogP contribution is -2.33. The van der Waals surface area contributed by atoms with Gasteiger partial charge in [0.15, 0.2) is 0 Å². The summed E-state index contributed by atoms with van der Waals surface area (Å²) in [5.41, 5.74) is 3.14. The minimum atomic E-state index is 0.821. The second kappa shape index (κ2) is 8.71. The molecule has 1 aliphatic heterocycles. The lowest BCUT2D eigenvalue weighted by atomic mass is 9.99. The number of hydrogen-bond donors (Lipinski definition) is 1. The number of unbranched alkanes of at least 4 members (excludes halogenated alkanes) is 6. The fraction of sp³-hybridized carbons (Fsp3) is 0.611. The van der Waals surface area contributed by atoms with Gasteiger partial charge in [0.05, 0.1) is 5.71 Å². The van der Waals surface area contributed by atoms with Gasteiger partial charge in [-0.15, -0.1) is 0 Å². The summed E-state index contributed by atoms with van der Waals surface area (Å²) in [6, 6.07) is 8.28. The molecule has 21 heavy (non-hydrogen) atoms. The van der Waals surface area contributed by atoms with Crippen molar-refractivity contribution in [1.29, 1.82) is 0 Å². The van der Waals surface area contributed by atoms with Gasteiger partial charge in [-0.2, -0.15) is 0 Å². The van der Waals surface area contributed by atoms with E-state index in [-0.39, 0.29) is 0 Å². The summed E-state index contributed by atoms with van der Waals surface area (Å²) < 4.78 is 0. The Bertz CT molecular complexity index is 456. The lowest BCUT2D eigenvalue weighted by molar-refractivity contribution is 0.317. The summed E-state index contributed by atoms with van der Waals surface area (Å²) in [5.74, 6) is 0. The quantitative estimate of drug-likeness (QED) is 0.422. The molecule has 0 saturated heterocycles. The Labute approximate surface area is 128 Å². The smallest absolute Gasteiger partial charge is 0.0906 e. The Hall–Kier alpha value is -1.51. The molecule has 0 fully saturated rings. The normalized spacial score (nSPS) is 16.2. The van der Waals surface area contributed by atoms with Crippen LogP contribution in [0.25, 0.3) is 0 Å². The van der Waals surface area contributed by atoms with Crippen molar-refractivity contribution < 1.29 is 5.21 Å². The van der Waals surface area contributed by atoms with Crippen LogP contribution in [-0.2, 0) is 0 Å². The van der Waals surface area contributed by atoms with E-state index in [0.29, 0.717) is 0 Å². The average Bonchev–Trinajstić information content (AvgIpc) is 2.54. The number of benzene rings is 1.